The van der Waals surface area contributed by atoms with E-state index < -0.39 is 0 Å². The average molecular weight is 196 g/mol. The maximum atomic E-state index is 11.3. The van der Waals surface area contributed by atoms with Crippen molar-refractivity contribution in [2.24, 2.45) is 0 Å². The minimum atomic E-state index is 0.456. The van der Waals surface area contributed by atoms with Crippen molar-refractivity contribution >= 4 is 5.78 Å². The molecule has 0 unspecified atom stereocenters. The summed E-state index contributed by atoms with van der Waals surface area (Å²) in [6.45, 7) is 5.84. The molecule has 0 N–H and O–H groups in total. The van der Waals surface area contributed by atoms with E-state index in [9.17, 15) is 4.79 Å². The molecule has 0 heterocycles. The fourth-order valence-corrected chi connectivity index (χ4v) is 1.48. The maximum Gasteiger partial charge on any atom is 0.132 e. The van der Waals surface area contributed by atoms with Gasteiger partial charge in [-0.25, -0.2) is 0 Å². The molecule has 0 radical (unpaired) electrons. The topological polar surface area (TPSA) is 17.1 Å². The van der Waals surface area contributed by atoms with E-state index in [0.717, 1.165) is 32.1 Å². The smallest absolute Gasteiger partial charge is 0.132 e. The Kier molecular flexibility index (Phi) is 10.0. The first-order valence-corrected chi connectivity index (χ1v) is 5.93. The van der Waals surface area contributed by atoms with Crippen LogP contribution in [0.3, 0.4) is 0 Å². The molecule has 0 aromatic rings. The summed E-state index contributed by atoms with van der Waals surface area (Å²) in [7, 11) is 0. The van der Waals surface area contributed by atoms with Gasteiger partial charge in [0.25, 0.3) is 0 Å². The highest BCUT2D eigenvalue weighted by molar-refractivity contribution is 5.78. The maximum absolute atomic E-state index is 11.3. The Balaban J connectivity index is 3.14. The van der Waals surface area contributed by atoms with Crippen LogP contribution in [-0.2, 0) is 4.79 Å². The van der Waals surface area contributed by atoms with Crippen LogP contribution >= 0.6 is 0 Å². The summed E-state index contributed by atoms with van der Waals surface area (Å²) < 4.78 is 0. The standard InChI is InChI=1S/C13H24O/c1-3-5-7-8-10-12-13(14)11-9-6-4-2/h3H,1,4-12H2,2H3. The molecule has 0 aromatic carbocycles. The van der Waals surface area contributed by atoms with Crippen molar-refractivity contribution < 1.29 is 4.79 Å². The summed E-state index contributed by atoms with van der Waals surface area (Å²) in [5.74, 6) is 0.456. The predicted octanol–water partition coefficient (Wildman–Crippen LogP) is 4.27. The van der Waals surface area contributed by atoms with E-state index in [1.807, 2.05) is 6.08 Å². The second-order valence-electron chi connectivity index (χ2n) is 3.88. The fraction of sp³-hybridized carbons (Fsp3) is 0.769. The molecule has 1 nitrogen and oxygen atoms in total. The first-order valence-electron chi connectivity index (χ1n) is 5.93. The van der Waals surface area contributed by atoms with Crippen LogP contribution in [0, 0.1) is 0 Å². The summed E-state index contributed by atoms with van der Waals surface area (Å²) in [6.07, 6.45) is 11.5. The molecule has 0 aromatic heterocycles. The predicted molar refractivity (Wildman–Crippen MR) is 62.4 cm³/mol. The van der Waals surface area contributed by atoms with Crippen molar-refractivity contribution in [2.75, 3.05) is 0 Å². The third-order valence-corrected chi connectivity index (χ3v) is 2.42. The Bertz CT molecular complexity index is 149. The molecule has 82 valence electrons. The molecular weight excluding hydrogens is 172 g/mol. The molecule has 0 fully saturated rings. The van der Waals surface area contributed by atoms with Crippen LogP contribution in [0.2, 0.25) is 0 Å². The molecule has 0 aliphatic heterocycles. The van der Waals surface area contributed by atoms with E-state index in [1.54, 1.807) is 0 Å². The Hall–Kier alpha value is -0.590. The highest BCUT2D eigenvalue weighted by Crippen LogP contribution is 2.07. The van der Waals surface area contributed by atoms with Gasteiger partial charge in [0.2, 0.25) is 0 Å². The minimum absolute atomic E-state index is 0.456. The molecule has 0 amide bonds. The number of rotatable bonds is 10. The number of carbonyl (C=O) groups is 1. The molecule has 14 heavy (non-hydrogen) atoms. The third-order valence-electron chi connectivity index (χ3n) is 2.42. The van der Waals surface area contributed by atoms with Gasteiger partial charge in [0.15, 0.2) is 0 Å². The molecular formula is C13H24O. The number of Topliss-reactive ketones (excluding diaryl/α,β-unsaturated/α-hetero) is 1. The van der Waals surface area contributed by atoms with Gasteiger partial charge in [-0.3, -0.25) is 4.79 Å². The zero-order valence-corrected chi connectivity index (χ0v) is 9.56. The zero-order chi connectivity index (χ0) is 10.6. The molecule has 0 rings (SSSR count). The molecule has 1 heteroatoms. The van der Waals surface area contributed by atoms with E-state index >= 15 is 0 Å². The van der Waals surface area contributed by atoms with Gasteiger partial charge in [-0.05, 0) is 25.7 Å². The number of unbranched alkanes of at least 4 members (excludes halogenated alkanes) is 5. The van der Waals surface area contributed by atoms with Crippen LogP contribution in [0.4, 0.5) is 0 Å². The molecule has 0 bridgehead atoms. The molecule has 0 saturated heterocycles. The lowest BCUT2D eigenvalue weighted by molar-refractivity contribution is -0.119. The van der Waals surface area contributed by atoms with Gasteiger partial charge in [0.1, 0.15) is 5.78 Å². The second-order valence-corrected chi connectivity index (χ2v) is 3.88. The Labute approximate surface area is 88.6 Å². The van der Waals surface area contributed by atoms with Crippen LogP contribution in [0.15, 0.2) is 12.7 Å². The van der Waals surface area contributed by atoms with Crippen molar-refractivity contribution in [3.05, 3.63) is 12.7 Å². The lowest BCUT2D eigenvalue weighted by Crippen LogP contribution is -1.97. The molecule has 0 atom stereocenters. The van der Waals surface area contributed by atoms with Gasteiger partial charge in [-0.1, -0.05) is 32.3 Å². The van der Waals surface area contributed by atoms with Gasteiger partial charge in [-0.15, -0.1) is 6.58 Å². The van der Waals surface area contributed by atoms with E-state index in [4.69, 9.17) is 0 Å². The summed E-state index contributed by atoms with van der Waals surface area (Å²) in [4.78, 5) is 11.3. The molecule has 0 saturated carbocycles. The molecule has 0 spiro atoms. The quantitative estimate of drug-likeness (QED) is 0.376. The Morgan fingerprint density at radius 2 is 1.71 bits per heavy atom. The van der Waals surface area contributed by atoms with Crippen LogP contribution in [-0.4, -0.2) is 5.78 Å². The van der Waals surface area contributed by atoms with Crippen LogP contribution in [0.5, 0.6) is 0 Å². The lowest BCUT2D eigenvalue weighted by Gasteiger charge is -2.00. The fourth-order valence-electron chi connectivity index (χ4n) is 1.48. The van der Waals surface area contributed by atoms with E-state index in [1.165, 1.54) is 25.7 Å². The minimum Gasteiger partial charge on any atom is -0.300 e. The first-order chi connectivity index (χ1) is 6.81. The van der Waals surface area contributed by atoms with Crippen molar-refractivity contribution in [1.82, 2.24) is 0 Å². The van der Waals surface area contributed by atoms with Crippen LogP contribution < -0.4 is 0 Å². The monoisotopic (exact) mass is 196 g/mol. The van der Waals surface area contributed by atoms with Crippen molar-refractivity contribution in [3.63, 3.8) is 0 Å². The average Bonchev–Trinajstić information content (AvgIpc) is 2.18. The van der Waals surface area contributed by atoms with Crippen molar-refractivity contribution in [1.29, 1.82) is 0 Å². The second kappa shape index (κ2) is 10.5. The lowest BCUT2D eigenvalue weighted by atomic mass is 10.1. The first kappa shape index (κ1) is 13.4. The zero-order valence-electron chi connectivity index (χ0n) is 9.56. The highest BCUT2D eigenvalue weighted by atomic mass is 16.1. The third kappa shape index (κ3) is 9.50. The Morgan fingerprint density at radius 3 is 2.29 bits per heavy atom. The van der Waals surface area contributed by atoms with Crippen molar-refractivity contribution in [2.45, 2.75) is 64.7 Å². The van der Waals surface area contributed by atoms with Gasteiger partial charge in [0, 0.05) is 12.8 Å². The number of allylic oxidation sites excluding steroid dienone is 1. The highest BCUT2D eigenvalue weighted by Gasteiger charge is 2.00. The van der Waals surface area contributed by atoms with E-state index in [-0.39, 0.29) is 0 Å². The number of carbonyl (C=O) groups excluding carboxylic acids is 1. The number of hydrogen-bond donors (Lipinski definition) is 0. The largest absolute Gasteiger partial charge is 0.300 e. The van der Waals surface area contributed by atoms with Crippen molar-refractivity contribution in [3.8, 4) is 0 Å². The van der Waals surface area contributed by atoms with Gasteiger partial charge < -0.3 is 0 Å². The SMILES string of the molecule is C=CCCCCCC(=O)CCCCC. The van der Waals surface area contributed by atoms with E-state index in [2.05, 4.69) is 13.5 Å². The normalized spacial score (nSPS) is 10.1. The Morgan fingerprint density at radius 1 is 1.07 bits per heavy atom. The summed E-state index contributed by atoms with van der Waals surface area (Å²) in [6, 6.07) is 0. The van der Waals surface area contributed by atoms with E-state index in [0.29, 0.717) is 5.78 Å². The number of ketones is 1. The van der Waals surface area contributed by atoms with Crippen LogP contribution in [0.25, 0.3) is 0 Å². The van der Waals surface area contributed by atoms with Crippen LogP contribution in [0.1, 0.15) is 64.7 Å². The van der Waals surface area contributed by atoms with Gasteiger partial charge in [0.05, 0.1) is 0 Å². The van der Waals surface area contributed by atoms with Gasteiger partial charge in [-0.2, -0.15) is 0 Å². The number of hydrogen-bond acceptors (Lipinski definition) is 1. The molecule has 0 aliphatic rings. The summed E-state index contributed by atoms with van der Waals surface area (Å²) in [5.41, 5.74) is 0. The van der Waals surface area contributed by atoms with Gasteiger partial charge >= 0.3 is 0 Å². The summed E-state index contributed by atoms with van der Waals surface area (Å²) >= 11 is 0. The summed E-state index contributed by atoms with van der Waals surface area (Å²) in [5, 5.41) is 0. The molecule has 0 aliphatic carbocycles.